The maximum absolute atomic E-state index is 6.63. The molecule has 0 saturated heterocycles. The summed E-state index contributed by atoms with van der Waals surface area (Å²) in [6, 6.07) is 75.6. The van der Waals surface area contributed by atoms with Crippen molar-refractivity contribution in [3.63, 3.8) is 0 Å². The van der Waals surface area contributed by atoms with E-state index in [1.165, 1.54) is 27.8 Å². The molecular weight excluding hydrogens is 769 g/mol. The molecule has 0 amide bonds. The van der Waals surface area contributed by atoms with Crippen molar-refractivity contribution in [1.29, 1.82) is 0 Å². The summed E-state index contributed by atoms with van der Waals surface area (Å²) in [6.07, 6.45) is 1.87. The van der Waals surface area contributed by atoms with Gasteiger partial charge in [0, 0.05) is 33.2 Å². The van der Waals surface area contributed by atoms with Crippen molar-refractivity contribution in [2.45, 2.75) is 11.6 Å². The largest absolute Gasteiger partial charge is 0.457 e. The number of furan rings is 1. The van der Waals surface area contributed by atoms with Crippen LogP contribution in [0.2, 0.25) is 0 Å². The first kappa shape index (κ1) is 35.5. The first-order chi connectivity index (χ1) is 31.2. The summed E-state index contributed by atoms with van der Waals surface area (Å²) < 4.78 is 13.0. The average molecular weight is 807 g/mol. The monoisotopic (exact) mass is 806 g/mol. The van der Waals surface area contributed by atoms with Gasteiger partial charge in [0.1, 0.15) is 28.8 Å². The molecule has 10 aromatic rings. The summed E-state index contributed by atoms with van der Waals surface area (Å²) in [4.78, 5) is 5.33. The Morgan fingerprint density at radius 1 is 0.429 bits per heavy atom. The second-order valence-corrected chi connectivity index (χ2v) is 16.6. The summed E-state index contributed by atoms with van der Waals surface area (Å²) in [5, 5.41) is 6.07. The Labute approximate surface area is 365 Å². The molecule has 0 bridgehead atoms. The molecule has 4 nitrogen and oxygen atoms in total. The Morgan fingerprint density at radius 2 is 1.00 bits per heavy atom. The Hall–Kier alpha value is -8.21. The van der Waals surface area contributed by atoms with Crippen LogP contribution in [0, 0.1) is 0 Å². The van der Waals surface area contributed by atoms with Gasteiger partial charge in [0.05, 0.1) is 11.1 Å². The summed E-state index contributed by atoms with van der Waals surface area (Å²) in [5.41, 5.74) is 18.4. The van der Waals surface area contributed by atoms with Crippen molar-refractivity contribution in [3.8, 4) is 44.9 Å². The van der Waals surface area contributed by atoms with E-state index in [0.29, 0.717) is 0 Å². The highest BCUT2D eigenvalue weighted by atomic mass is 16.5. The van der Waals surface area contributed by atoms with Crippen LogP contribution in [-0.2, 0) is 5.41 Å². The number of nitrogens with zero attached hydrogens (tertiary/aromatic N) is 1. The Morgan fingerprint density at radius 3 is 1.79 bits per heavy atom. The minimum atomic E-state index is -0.555. The molecule has 0 saturated carbocycles. The van der Waals surface area contributed by atoms with E-state index < -0.39 is 5.41 Å². The molecule has 296 valence electrons. The fraction of sp³-hybridized carbons (Fsp3) is 0.0339. The number of nitrogens with one attached hydrogen (secondary N) is 1. The fourth-order valence-corrected chi connectivity index (χ4v) is 10.4. The lowest BCUT2D eigenvalue weighted by Gasteiger charge is -2.40. The molecule has 0 radical (unpaired) electrons. The van der Waals surface area contributed by atoms with Gasteiger partial charge in [0.25, 0.3) is 0 Å². The van der Waals surface area contributed by atoms with Crippen LogP contribution in [0.3, 0.4) is 0 Å². The normalized spacial score (nSPS) is 15.4. The zero-order valence-corrected chi connectivity index (χ0v) is 34.1. The molecule has 1 N–H and O–H groups in total. The number of hydrogen-bond acceptors (Lipinski definition) is 4. The first-order valence-electron chi connectivity index (χ1n) is 21.6. The topological polar surface area (TPSA) is 46.8 Å². The highest BCUT2D eigenvalue weighted by Crippen LogP contribution is 2.63. The van der Waals surface area contributed by atoms with Crippen LogP contribution >= 0.6 is 0 Å². The molecule has 4 heteroatoms. The number of benzene rings is 9. The molecule has 1 aromatic heterocycles. The smallest absolute Gasteiger partial charge is 0.145 e. The third kappa shape index (κ3) is 5.38. The van der Waals surface area contributed by atoms with Crippen molar-refractivity contribution in [2.75, 3.05) is 0 Å². The molecule has 3 heterocycles. The lowest BCUT2D eigenvalue weighted by atomic mass is 9.64. The summed E-state index contributed by atoms with van der Waals surface area (Å²) in [6.45, 7) is 0. The lowest BCUT2D eigenvalue weighted by molar-refractivity contribution is 0.436. The van der Waals surface area contributed by atoms with Gasteiger partial charge < -0.3 is 14.5 Å². The quantitative estimate of drug-likeness (QED) is 0.188. The number of rotatable bonds is 5. The predicted molar refractivity (Wildman–Crippen MR) is 255 cm³/mol. The van der Waals surface area contributed by atoms with Crippen LogP contribution in [0.1, 0.15) is 45.1 Å². The minimum absolute atomic E-state index is 0.301. The van der Waals surface area contributed by atoms with E-state index in [4.69, 9.17) is 14.1 Å². The standard InChI is InChI=1S/C59H38N2O2/c1-2-14-39(15-3-1)51-36-52(40-32-28-38(29-33-40)43-19-13-21-47-45-17-5-9-25-53(45)63-57(43)47)61-58(60-51)41-34-30-37(31-35-41)42-18-12-20-46-44-16-4-6-22-48(44)59(56(42)46)49-23-7-10-26-54(49)62-55-27-11-8-24-50(55)59/h1-36,58,61H. The van der Waals surface area contributed by atoms with Crippen molar-refractivity contribution in [1.82, 2.24) is 5.32 Å². The van der Waals surface area contributed by atoms with Crippen molar-refractivity contribution < 1.29 is 9.15 Å². The molecule has 1 unspecified atom stereocenters. The van der Waals surface area contributed by atoms with Crippen LogP contribution in [0.4, 0.5) is 0 Å². The number of aliphatic imine (C=N–C) groups is 1. The molecule has 13 rings (SSSR count). The summed E-state index contributed by atoms with van der Waals surface area (Å²) in [5.74, 6) is 1.78. The molecule has 1 atom stereocenters. The van der Waals surface area contributed by atoms with E-state index in [9.17, 15) is 0 Å². The Kier molecular flexibility index (Phi) is 7.85. The van der Waals surface area contributed by atoms with E-state index >= 15 is 0 Å². The zero-order valence-electron chi connectivity index (χ0n) is 34.1. The number of ether oxygens (including phenoxy) is 1. The van der Waals surface area contributed by atoms with Gasteiger partial charge in [0.15, 0.2) is 0 Å². The van der Waals surface area contributed by atoms with Gasteiger partial charge in [-0.15, -0.1) is 0 Å². The van der Waals surface area contributed by atoms with E-state index in [1.54, 1.807) is 0 Å². The van der Waals surface area contributed by atoms with Crippen LogP contribution in [-0.4, -0.2) is 5.71 Å². The second-order valence-electron chi connectivity index (χ2n) is 16.6. The van der Waals surface area contributed by atoms with E-state index in [0.717, 1.165) is 89.4 Å². The molecule has 2 aliphatic heterocycles. The van der Waals surface area contributed by atoms with Crippen molar-refractivity contribution in [3.05, 3.63) is 257 Å². The minimum Gasteiger partial charge on any atom is -0.457 e. The van der Waals surface area contributed by atoms with Gasteiger partial charge in [-0.2, -0.15) is 0 Å². The number of allylic oxidation sites excluding steroid dienone is 1. The lowest BCUT2D eigenvalue weighted by Crippen LogP contribution is -2.32. The highest BCUT2D eigenvalue weighted by molar-refractivity contribution is 6.13. The zero-order chi connectivity index (χ0) is 41.5. The second kappa shape index (κ2) is 13.9. The van der Waals surface area contributed by atoms with Gasteiger partial charge in [-0.25, -0.2) is 0 Å². The van der Waals surface area contributed by atoms with Gasteiger partial charge in [-0.3, -0.25) is 4.99 Å². The van der Waals surface area contributed by atoms with E-state index in [-0.39, 0.29) is 6.17 Å². The van der Waals surface area contributed by atoms with Gasteiger partial charge >= 0.3 is 0 Å². The summed E-state index contributed by atoms with van der Waals surface area (Å²) in [7, 11) is 0. The molecule has 9 aromatic carbocycles. The predicted octanol–water partition coefficient (Wildman–Crippen LogP) is 14.5. The van der Waals surface area contributed by atoms with Gasteiger partial charge in [0.2, 0.25) is 0 Å². The van der Waals surface area contributed by atoms with Crippen molar-refractivity contribution in [2.24, 2.45) is 4.99 Å². The van der Waals surface area contributed by atoms with Crippen LogP contribution in [0.5, 0.6) is 11.5 Å². The molecule has 1 aliphatic carbocycles. The Bertz CT molecular complexity index is 3460. The molecular formula is C59H38N2O2. The average Bonchev–Trinajstić information content (AvgIpc) is 3.89. The molecule has 1 spiro atoms. The molecule has 3 aliphatic rings. The summed E-state index contributed by atoms with van der Waals surface area (Å²) >= 11 is 0. The van der Waals surface area contributed by atoms with E-state index in [2.05, 4.69) is 206 Å². The first-order valence-corrected chi connectivity index (χ1v) is 21.6. The molecule has 63 heavy (non-hydrogen) atoms. The Balaban J connectivity index is 0.889. The molecule has 0 fully saturated rings. The highest BCUT2D eigenvalue weighted by Gasteiger charge is 2.52. The van der Waals surface area contributed by atoms with Gasteiger partial charge in [-0.05, 0) is 79.9 Å². The maximum atomic E-state index is 6.63. The maximum Gasteiger partial charge on any atom is 0.145 e. The number of para-hydroxylation sites is 4. The van der Waals surface area contributed by atoms with Crippen LogP contribution < -0.4 is 10.1 Å². The fourth-order valence-electron chi connectivity index (χ4n) is 10.4. The third-order valence-corrected chi connectivity index (χ3v) is 13.2. The van der Waals surface area contributed by atoms with E-state index in [1.807, 2.05) is 18.2 Å². The number of hydrogen-bond donors (Lipinski definition) is 1. The SMILES string of the molecule is C1=C(c2ccc(-c3cccc4c3oc3ccccc34)cc2)NC(c2ccc(-c3cccc4c3C3(c5ccccc5Oc5ccccc53)c3ccccc3-4)cc2)N=C1c1ccccc1. The van der Waals surface area contributed by atoms with Crippen LogP contribution in [0.25, 0.3) is 61.0 Å². The number of fused-ring (bicyclic) bond motifs is 12. The van der Waals surface area contributed by atoms with Crippen LogP contribution in [0.15, 0.2) is 228 Å². The van der Waals surface area contributed by atoms with Gasteiger partial charge in [-0.1, -0.05) is 194 Å². The van der Waals surface area contributed by atoms with Crippen molar-refractivity contribution >= 4 is 33.3 Å². The third-order valence-electron chi connectivity index (χ3n) is 13.2.